The highest BCUT2D eigenvalue weighted by atomic mass is 35.5. The Labute approximate surface area is 144 Å². The number of rotatable bonds is 5. The van der Waals surface area contributed by atoms with Gasteiger partial charge in [-0.15, -0.1) is 0 Å². The number of benzene rings is 2. The first-order chi connectivity index (χ1) is 11.5. The lowest BCUT2D eigenvalue weighted by molar-refractivity contribution is 0.557. The van der Waals surface area contributed by atoms with Gasteiger partial charge in [0.1, 0.15) is 10.7 Å². The fraction of sp³-hybridized carbons (Fsp3) is 0.118. The highest BCUT2D eigenvalue weighted by molar-refractivity contribution is 7.89. The number of para-hydroxylation sites is 1. The summed E-state index contributed by atoms with van der Waals surface area (Å²) in [6.07, 6.45) is 2.14. The first-order valence-corrected chi connectivity index (χ1v) is 9.11. The number of hydrogen-bond acceptors (Lipinski definition) is 3. The Kier molecular flexibility index (Phi) is 4.80. The van der Waals surface area contributed by atoms with Crippen LogP contribution in [-0.4, -0.2) is 19.9 Å². The number of nitrogens with one attached hydrogen (secondary N) is 1. The zero-order valence-electron chi connectivity index (χ0n) is 12.5. The molecule has 2 aromatic carbocycles. The van der Waals surface area contributed by atoms with Crippen molar-refractivity contribution in [3.8, 4) is 0 Å². The molecule has 3 rings (SSSR count). The van der Waals surface area contributed by atoms with Gasteiger partial charge in [-0.2, -0.15) is 0 Å². The molecule has 0 spiro atoms. The molecule has 1 heterocycles. The average molecular weight is 365 g/mol. The Morgan fingerprint density at radius 3 is 2.71 bits per heavy atom. The SMILES string of the molecule is O=S(=O)(NCCc1cccc2cccnc12)c1ccc(Cl)cc1F. The molecule has 24 heavy (non-hydrogen) atoms. The van der Waals surface area contributed by atoms with Crippen LogP contribution in [0, 0.1) is 5.82 Å². The van der Waals surface area contributed by atoms with Crippen molar-refractivity contribution in [2.24, 2.45) is 0 Å². The van der Waals surface area contributed by atoms with Gasteiger partial charge in [0.05, 0.1) is 5.52 Å². The predicted octanol–water partition coefficient (Wildman–Crippen LogP) is 3.55. The van der Waals surface area contributed by atoms with Crippen LogP contribution in [0.1, 0.15) is 5.56 Å². The number of nitrogens with zero attached hydrogens (tertiary/aromatic N) is 1. The zero-order chi connectivity index (χ0) is 17.2. The summed E-state index contributed by atoms with van der Waals surface area (Å²) in [4.78, 5) is 3.91. The van der Waals surface area contributed by atoms with Gasteiger partial charge in [0.2, 0.25) is 10.0 Å². The van der Waals surface area contributed by atoms with Gasteiger partial charge < -0.3 is 0 Å². The highest BCUT2D eigenvalue weighted by Crippen LogP contribution is 2.19. The minimum atomic E-state index is -3.94. The second-order valence-electron chi connectivity index (χ2n) is 5.21. The summed E-state index contributed by atoms with van der Waals surface area (Å²) in [7, 11) is -3.94. The highest BCUT2D eigenvalue weighted by Gasteiger charge is 2.18. The Hall–Kier alpha value is -2.02. The van der Waals surface area contributed by atoms with Crippen molar-refractivity contribution >= 4 is 32.5 Å². The van der Waals surface area contributed by atoms with Gasteiger partial charge in [-0.1, -0.05) is 35.9 Å². The molecule has 0 aliphatic carbocycles. The van der Waals surface area contributed by atoms with Crippen LogP contribution in [0.15, 0.2) is 59.6 Å². The van der Waals surface area contributed by atoms with Crippen LogP contribution in [0.5, 0.6) is 0 Å². The Bertz CT molecular complexity index is 988. The molecule has 0 saturated heterocycles. The van der Waals surface area contributed by atoms with E-state index < -0.39 is 20.7 Å². The van der Waals surface area contributed by atoms with Gasteiger partial charge in [-0.25, -0.2) is 17.5 Å². The van der Waals surface area contributed by atoms with E-state index in [1.165, 1.54) is 6.07 Å². The van der Waals surface area contributed by atoms with Crippen LogP contribution in [0.3, 0.4) is 0 Å². The largest absolute Gasteiger partial charge is 0.256 e. The monoisotopic (exact) mass is 364 g/mol. The third-order valence-corrected chi connectivity index (χ3v) is 5.32. The number of hydrogen-bond donors (Lipinski definition) is 1. The van der Waals surface area contributed by atoms with Crippen LogP contribution in [0.4, 0.5) is 4.39 Å². The first-order valence-electron chi connectivity index (χ1n) is 7.25. The molecule has 0 unspecified atom stereocenters. The third kappa shape index (κ3) is 3.56. The van der Waals surface area contributed by atoms with Crippen molar-refractivity contribution < 1.29 is 12.8 Å². The molecule has 0 aliphatic rings. The van der Waals surface area contributed by atoms with Gasteiger partial charge in [-0.3, -0.25) is 4.98 Å². The second kappa shape index (κ2) is 6.84. The fourth-order valence-corrected chi connectivity index (χ4v) is 3.71. The van der Waals surface area contributed by atoms with Gasteiger partial charge in [-0.05, 0) is 36.2 Å². The van der Waals surface area contributed by atoms with Crippen molar-refractivity contribution in [2.75, 3.05) is 6.54 Å². The normalized spacial score (nSPS) is 11.8. The molecule has 0 fully saturated rings. The molecule has 4 nitrogen and oxygen atoms in total. The quantitative estimate of drug-likeness (QED) is 0.753. The van der Waals surface area contributed by atoms with Crippen molar-refractivity contribution in [1.29, 1.82) is 0 Å². The van der Waals surface area contributed by atoms with Crippen molar-refractivity contribution in [1.82, 2.24) is 9.71 Å². The van der Waals surface area contributed by atoms with Crippen molar-refractivity contribution in [2.45, 2.75) is 11.3 Å². The summed E-state index contributed by atoms with van der Waals surface area (Å²) >= 11 is 5.64. The van der Waals surface area contributed by atoms with Crippen molar-refractivity contribution in [3.63, 3.8) is 0 Å². The van der Waals surface area contributed by atoms with Gasteiger partial charge in [0.25, 0.3) is 0 Å². The van der Waals surface area contributed by atoms with Crippen LogP contribution in [-0.2, 0) is 16.4 Å². The number of halogens is 2. The number of sulfonamides is 1. The van der Waals surface area contributed by atoms with E-state index in [0.717, 1.165) is 28.6 Å². The maximum atomic E-state index is 13.8. The van der Waals surface area contributed by atoms with E-state index in [-0.39, 0.29) is 11.6 Å². The molecule has 0 saturated carbocycles. The molecular weight excluding hydrogens is 351 g/mol. The first kappa shape index (κ1) is 16.8. The lowest BCUT2D eigenvalue weighted by Crippen LogP contribution is -2.26. The molecule has 0 amide bonds. The lowest BCUT2D eigenvalue weighted by atomic mass is 10.1. The summed E-state index contributed by atoms with van der Waals surface area (Å²) in [5, 5.41) is 1.13. The fourth-order valence-electron chi connectivity index (χ4n) is 2.46. The maximum absolute atomic E-state index is 13.8. The molecule has 7 heteroatoms. The zero-order valence-corrected chi connectivity index (χ0v) is 14.1. The van der Waals surface area contributed by atoms with Crippen LogP contribution >= 0.6 is 11.6 Å². The molecule has 0 aliphatic heterocycles. The molecule has 1 aromatic heterocycles. The predicted molar refractivity (Wildman–Crippen MR) is 92.0 cm³/mol. The maximum Gasteiger partial charge on any atom is 0.243 e. The summed E-state index contributed by atoms with van der Waals surface area (Å²) in [5.41, 5.74) is 1.75. The van der Waals surface area contributed by atoms with E-state index in [9.17, 15) is 12.8 Å². The summed E-state index contributed by atoms with van der Waals surface area (Å²) in [5.74, 6) is -0.873. The average Bonchev–Trinajstić information content (AvgIpc) is 2.54. The molecule has 1 N–H and O–H groups in total. The van der Waals surface area contributed by atoms with Crippen LogP contribution in [0.2, 0.25) is 5.02 Å². The van der Waals surface area contributed by atoms with E-state index in [1.54, 1.807) is 6.20 Å². The molecule has 3 aromatic rings. The summed E-state index contributed by atoms with van der Waals surface area (Å²) < 4.78 is 40.6. The standard InChI is InChI=1S/C17H14ClFN2O2S/c18-14-6-7-16(15(19)11-14)24(22,23)21-10-8-13-4-1-3-12-5-2-9-20-17(12)13/h1-7,9,11,21H,8,10H2. The van der Waals surface area contributed by atoms with E-state index in [4.69, 9.17) is 11.6 Å². The Balaban J connectivity index is 1.75. The van der Waals surface area contributed by atoms with Gasteiger partial charge in [0, 0.05) is 23.2 Å². The van der Waals surface area contributed by atoms with Crippen LogP contribution in [0.25, 0.3) is 10.9 Å². The third-order valence-electron chi connectivity index (χ3n) is 3.59. The smallest absolute Gasteiger partial charge is 0.243 e. The van der Waals surface area contributed by atoms with Gasteiger partial charge in [0.15, 0.2) is 0 Å². The summed E-state index contributed by atoms with van der Waals surface area (Å²) in [6, 6.07) is 13.0. The summed E-state index contributed by atoms with van der Waals surface area (Å²) in [6.45, 7) is 0.139. The Morgan fingerprint density at radius 2 is 1.92 bits per heavy atom. The number of pyridine rings is 1. The molecule has 0 bridgehead atoms. The van der Waals surface area contributed by atoms with Crippen molar-refractivity contribution in [3.05, 3.63) is 71.1 Å². The number of aromatic nitrogens is 1. The Morgan fingerprint density at radius 1 is 1.12 bits per heavy atom. The van der Waals surface area contributed by atoms with E-state index in [0.29, 0.717) is 6.42 Å². The van der Waals surface area contributed by atoms with E-state index in [2.05, 4.69) is 9.71 Å². The molecule has 124 valence electrons. The minimum Gasteiger partial charge on any atom is -0.256 e. The molecule has 0 atom stereocenters. The van der Waals surface area contributed by atoms with E-state index >= 15 is 0 Å². The minimum absolute atomic E-state index is 0.139. The number of fused-ring (bicyclic) bond motifs is 1. The topological polar surface area (TPSA) is 59.1 Å². The molecule has 0 radical (unpaired) electrons. The second-order valence-corrected chi connectivity index (χ2v) is 7.39. The van der Waals surface area contributed by atoms with E-state index in [1.807, 2.05) is 30.3 Å². The molecular formula is C17H14ClFN2O2S. The van der Waals surface area contributed by atoms with Crippen LogP contribution < -0.4 is 4.72 Å². The van der Waals surface area contributed by atoms with Gasteiger partial charge >= 0.3 is 0 Å². The lowest BCUT2D eigenvalue weighted by Gasteiger charge is -2.09.